The summed E-state index contributed by atoms with van der Waals surface area (Å²) in [7, 11) is 0. The van der Waals surface area contributed by atoms with Gasteiger partial charge >= 0.3 is 5.97 Å². The van der Waals surface area contributed by atoms with Gasteiger partial charge in [0.2, 0.25) is 0 Å². The average Bonchev–Trinajstić information content (AvgIpc) is 2.66. The van der Waals surface area contributed by atoms with E-state index in [0.29, 0.717) is 15.1 Å². The summed E-state index contributed by atoms with van der Waals surface area (Å²) in [5.74, 6) is -1.03. The van der Waals surface area contributed by atoms with Gasteiger partial charge in [0.25, 0.3) is 5.22 Å². The fraction of sp³-hybridized carbons (Fsp3) is 0.0909. The van der Waals surface area contributed by atoms with Gasteiger partial charge in [0.05, 0.1) is 11.3 Å². The maximum absolute atomic E-state index is 11.0. The highest BCUT2D eigenvalue weighted by Gasteiger charge is 2.14. The molecule has 1 aromatic carbocycles. The number of carboxylic acids is 1. The van der Waals surface area contributed by atoms with E-state index >= 15 is 0 Å². The monoisotopic (exact) mass is 269 g/mol. The third kappa shape index (κ3) is 2.81. The van der Waals surface area contributed by atoms with Crippen molar-refractivity contribution in [3.05, 3.63) is 40.7 Å². The van der Waals surface area contributed by atoms with Crippen LogP contribution in [-0.2, 0) is 0 Å². The lowest BCUT2D eigenvalue weighted by Crippen LogP contribution is -1.98. The molecule has 0 saturated carbocycles. The van der Waals surface area contributed by atoms with E-state index in [1.54, 1.807) is 19.1 Å². The molecular formula is C11H8ClNO3S. The molecule has 0 radical (unpaired) electrons. The molecule has 0 spiro atoms. The van der Waals surface area contributed by atoms with Crippen molar-refractivity contribution in [3.8, 4) is 0 Å². The number of halogens is 1. The number of benzene rings is 1. The Labute approximate surface area is 107 Å². The third-order valence-corrected chi connectivity index (χ3v) is 3.14. The summed E-state index contributed by atoms with van der Waals surface area (Å²) in [6.07, 6.45) is 1.51. The van der Waals surface area contributed by atoms with Crippen molar-refractivity contribution in [1.82, 2.24) is 4.98 Å². The van der Waals surface area contributed by atoms with E-state index < -0.39 is 5.97 Å². The molecule has 0 amide bonds. The van der Waals surface area contributed by atoms with Gasteiger partial charge in [-0.05, 0) is 36.9 Å². The molecule has 2 rings (SSSR count). The molecule has 1 N–H and O–H groups in total. The van der Waals surface area contributed by atoms with Crippen molar-refractivity contribution < 1.29 is 14.3 Å². The van der Waals surface area contributed by atoms with Crippen LogP contribution < -0.4 is 0 Å². The third-order valence-electron chi connectivity index (χ3n) is 1.97. The van der Waals surface area contributed by atoms with E-state index in [9.17, 15) is 4.79 Å². The van der Waals surface area contributed by atoms with Crippen molar-refractivity contribution in [1.29, 1.82) is 0 Å². The Morgan fingerprint density at radius 2 is 2.29 bits per heavy atom. The van der Waals surface area contributed by atoms with Crippen LogP contribution in [0.5, 0.6) is 0 Å². The summed E-state index contributed by atoms with van der Waals surface area (Å²) in [6.45, 7) is 1.80. The molecule has 0 bridgehead atoms. The molecule has 88 valence electrons. The second kappa shape index (κ2) is 4.81. The van der Waals surface area contributed by atoms with Gasteiger partial charge in [0, 0.05) is 9.92 Å². The molecule has 0 fully saturated rings. The number of aryl methyl sites for hydroxylation is 1. The van der Waals surface area contributed by atoms with Gasteiger partial charge in [0.15, 0.2) is 0 Å². The smallest absolute Gasteiger partial charge is 0.336 e. The molecular weight excluding hydrogens is 262 g/mol. The molecule has 4 nitrogen and oxygen atoms in total. The lowest BCUT2D eigenvalue weighted by Gasteiger charge is -2.03. The number of carboxylic acid groups (broad SMARTS) is 1. The Kier molecular flexibility index (Phi) is 3.40. The van der Waals surface area contributed by atoms with Crippen molar-refractivity contribution in [2.75, 3.05) is 0 Å². The molecule has 0 unspecified atom stereocenters. The molecule has 17 heavy (non-hydrogen) atoms. The van der Waals surface area contributed by atoms with Crippen LogP contribution in [0.1, 0.15) is 16.1 Å². The van der Waals surface area contributed by atoms with E-state index in [0.717, 1.165) is 17.5 Å². The van der Waals surface area contributed by atoms with Crippen molar-refractivity contribution in [2.45, 2.75) is 17.0 Å². The first kappa shape index (κ1) is 12.0. The highest BCUT2D eigenvalue weighted by molar-refractivity contribution is 7.99. The fourth-order valence-corrected chi connectivity index (χ4v) is 2.27. The molecule has 0 aliphatic carbocycles. The molecule has 0 aliphatic rings. The zero-order valence-electron chi connectivity index (χ0n) is 8.81. The number of carbonyl (C=O) groups is 1. The first-order chi connectivity index (χ1) is 8.06. The topological polar surface area (TPSA) is 63.3 Å². The lowest BCUT2D eigenvalue weighted by molar-refractivity contribution is 0.0693. The number of hydrogen-bond donors (Lipinski definition) is 1. The predicted molar refractivity (Wildman–Crippen MR) is 63.8 cm³/mol. The molecule has 2 aromatic rings. The Balaban J connectivity index is 2.35. The maximum Gasteiger partial charge on any atom is 0.336 e. The molecule has 0 aliphatic heterocycles. The van der Waals surface area contributed by atoms with Crippen LogP contribution in [0.2, 0.25) is 5.02 Å². The highest BCUT2D eigenvalue weighted by atomic mass is 35.5. The van der Waals surface area contributed by atoms with Crippen molar-refractivity contribution >= 4 is 29.3 Å². The van der Waals surface area contributed by atoms with Gasteiger partial charge in [-0.3, -0.25) is 0 Å². The van der Waals surface area contributed by atoms with Crippen LogP contribution in [0.3, 0.4) is 0 Å². The number of aromatic carboxylic acids is 1. The Morgan fingerprint density at radius 1 is 1.53 bits per heavy atom. The van der Waals surface area contributed by atoms with Crippen LogP contribution in [0.4, 0.5) is 0 Å². The molecule has 1 aromatic heterocycles. The first-order valence-corrected chi connectivity index (χ1v) is 5.88. The average molecular weight is 270 g/mol. The minimum atomic E-state index is -1.03. The summed E-state index contributed by atoms with van der Waals surface area (Å²) in [4.78, 5) is 15.7. The number of rotatable bonds is 3. The summed E-state index contributed by atoms with van der Waals surface area (Å²) in [5, 5.41) is 9.84. The summed E-state index contributed by atoms with van der Waals surface area (Å²) < 4.78 is 5.16. The normalized spacial score (nSPS) is 10.5. The van der Waals surface area contributed by atoms with Gasteiger partial charge in [-0.2, -0.15) is 0 Å². The second-order valence-electron chi connectivity index (χ2n) is 3.30. The predicted octanol–water partition coefficient (Wildman–Crippen LogP) is 3.49. The minimum absolute atomic E-state index is 0.137. The summed E-state index contributed by atoms with van der Waals surface area (Å²) in [5.41, 5.74) is 0.886. The van der Waals surface area contributed by atoms with Crippen LogP contribution >= 0.6 is 23.4 Å². The lowest BCUT2D eigenvalue weighted by atomic mass is 10.2. The highest BCUT2D eigenvalue weighted by Crippen LogP contribution is 2.31. The van der Waals surface area contributed by atoms with Crippen molar-refractivity contribution in [2.24, 2.45) is 0 Å². The van der Waals surface area contributed by atoms with Crippen molar-refractivity contribution in [3.63, 3.8) is 0 Å². The van der Waals surface area contributed by atoms with E-state index in [4.69, 9.17) is 21.1 Å². The quantitative estimate of drug-likeness (QED) is 0.924. The van der Waals surface area contributed by atoms with Gasteiger partial charge in [-0.15, -0.1) is 0 Å². The Morgan fingerprint density at radius 3 is 2.88 bits per heavy atom. The Bertz CT molecular complexity index is 568. The molecule has 0 saturated heterocycles. The Hall–Kier alpha value is -1.46. The minimum Gasteiger partial charge on any atom is -0.478 e. The van der Waals surface area contributed by atoms with Gasteiger partial charge in [-0.25, -0.2) is 9.78 Å². The van der Waals surface area contributed by atoms with Crippen LogP contribution in [0, 0.1) is 6.92 Å². The largest absolute Gasteiger partial charge is 0.478 e. The number of oxazole rings is 1. The summed E-state index contributed by atoms with van der Waals surface area (Å²) in [6, 6.07) is 4.67. The fourth-order valence-electron chi connectivity index (χ4n) is 1.23. The van der Waals surface area contributed by atoms with Crippen LogP contribution in [0.15, 0.2) is 39.0 Å². The maximum atomic E-state index is 11.0. The van der Waals surface area contributed by atoms with E-state index in [2.05, 4.69) is 4.98 Å². The first-order valence-electron chi connectivity index (χ1n) is 4.69. The number of hydrogen-bond acceptors (Lipinski definition) is 4. The SMILES string of the molecule is Cc1coc(Sc2ccc(Cl)cc2C(=O)O)n1. The molecule has 1 heterocycles. The van der Waals surface area contributed by atoms with E-state index in [1.807, 2.05) is 0 Å². The van der Waals surface area contributed by atoms with Gasteiger partial charge < -0.3 is 9.52 Å². The van der Waals surface area contributed by atoms with E-state index in [1.165, 1.54) is 12.3 Å². The zero-order valence-corrected chi connectivity index (χ0v) is 10.4. The molecule has 0 atom stereocenters. The molecule has 6 heteroatoms. The van der Waals surface area contributed by atoms with E-state index in [-0.39, 0.29) is 5.56 Å². The zero-order chi connectivity index (χ0) is 12.4. The van der Waals surface area contributed by atoms with Gasteiger partial charge in [0.1, 0.15) is 6.26 Å². The number of aromatic nitrogens is 1. The van der Waals surface area contributed by atoms with Crippen LogP contribution in [0.25, 0.3) is 0 Å². The second-order valence-corrected chi connectivity index (χ2v) is 4.73. The standard InChI is InChI=1S/C11H8ClNO3S/c1-6-5-16-11(13-6)17-9-3-2-7(12)4-8(9)10(14)15/h2-5H,1H3,(H,14,15). The van der Waals surface area contributed by atoms with Gasteiger partial charge in [-0.1, -0.05) is 11.6 Å². The number of nitrogens with zero attached hydrogens (tertiary/aromatic N) is 1. The summed E-state index contributed by atoms with van der Waals surface area (Å²) >= 11 is 6.91. The van der Waals surface area contributed by atoms with Crippen LogP contribution in [-0.4, -0.2) is 16.1 Å².